The fourth-order valence-corrected chi connectivity index (χ4v) is 2.37. The second-order valence-corrected chi connectivity index (χ2v) is 4.95. The van der Waals surface area contributed by atoms with Gasteiger partial charge in [-0.15, -0.1) is 0 Å². The van der Waals surface area contributed by atoms with Crippen LogP contribution < -0.4 is 16.6 Å². The molecule has 4 N–H and O–H groups in total. The molecule has 0 fully saturated rings. The fraction of sp³-hybridized carbons (Fsp3) is 0. The maximum atomic E-state index is 5.27. The van der Waals surface area contributed by atoms with Gasteiger partial charge in [-0.05, 0) is 34.1 Å². The first kappa shape index (κ1) is 12.3. The largest absolute Gasteiger partial charge is 0.338 e. The summed E-state index contributed by atoms with van der Waals surface area (Å²) >= 11 is 6.85. The van der Waals surface area contributed by atoms with E-state index in [0.717, 1.165) is 14.6 Å². The van der Waals surface area contributed by atoms with Gasteiger partial charge in [-0.2, -0.15) is 0 Å². The van der Waals surface area contributed by atoms with E-state index in [1.165, 1.54) is 0 Å². The third-order valence-electron chi connectivity index (χ3n) is 1.98. The van der Waals surface area contributed by atoms with Gasteiger partial charge in [-0.3, -0.25) is 4.98 Å². The minimum atomic E-state index is 0.503. The van der Waals surface area contributed by atoms with E-state index < -0.39 is 0 Å². The molecule has 1 aromatic carbocycles. The summed E-state index contributed by atoms with van der Waals surface area (Å²) in [7, 11) is 0. The maximum Gasteiger partial charge on any atom is 0.160 e. The van der Waals surface area contributed by atoms with Gasteiger partial charge in [0.2, 0.25) is 0 Å². The van der Waals surface area contributed by atoms with E-state index in [9.17, 15) is 0 Å². The molecule has 0 aliphatic rings. The van der Waals surface area contributed by atoms with E-state index in [4.69, 9.17) is 5.84 Å². The Labute approximate surface area is 115 Å². The number of hydrogen-bond donors (Lipinski definition) is 3. The Hall–Kier alpha value is -1.18. The molecule has 0 atom stereocenters. The van der Waals surface area contributed by atoms with Crippen LogP contribution in [0.2, 0.25) is 0 Å². The molecule has 2 aromatic rings. The predicted molar refractivity (Wildman–Crippen MR) is 75.0 cm³/mol. The number of benzene rings is 1. The van der Waals surface area contributed by atoms with E-state index in [-0.39, 0.29) is 0 Å². The monoisotopic (exact) mass is 357 g/mol. The van der Waals surface area contributed by atoms with Crippen LogP contribution in [0.5, 0.6) is 0 Å². The van der Waals surface area contributed by atoms with Crippen LogP contribution in [-0.4, -0.2) is 9.97 Å². The van der Waals surface area contributed by atoms with Crippen LogP contribution in [0.4, 0.5) is 17.3 Å². The summed E-state index contributed by atoms with van der Waals surface area (Å²) in [5.41, 5.74) is 3.34. The Kier molecular flexibility index (Phi) is 3.93. The van der Waals surface area contributed by atoms with Crippen molar-refractivity contribution in [2.24, 2.45) is 5.84 Å². The van der Waals surface area contributed by atoms with Crippen molar-refractivity contribution in [2.75, 3.05) is 10.7 Å². The zero-order valence-corrected chi connectivity index (χ0v) is 11.8. The number of nitrogens with zero attached hydrogens (tertiary/aromatic N) is 2. The van der Waals surface area contributed by atoms with Crippen molar-refractivity contribution in [1.82, 2.24) is 9.97 Å². The first-order chi connectivity index (χ1) is 8.19. The molecule has 0 radical (unpaired) electrons. The summed E-state index contributed by atoms with van der Waals surface area (Å²) in [6.07, 6.45) is 3.16. The Morgan fingerprint density at radius 1 is 1.12 bits per heavy atom. The van der Waals surface area contributed by atoms with Crippen LogP contribution in [0.15, 0.2) is 39.5 Å². The zero-order valence-electron chi connectivity index (χ0n) is 8.61. The molecule has 7 heteroatoms. The molecule has 1 aromatic heterocycles. The summed E-state index contributed by atoms with van der Waals surface area (Å²) in [4.78, 5) is 8.21. The maximum absolute atomic E-state index is 5.27. The van der Waals surface area contributed by atoms with Crippen LogP contribution in [-0.2, 0) is 0 Å². The Balaban J connectivity index is 2.25. The SMILES string of the molecule is NNc1cncc(Nc2ccc(Br)cc2Br)n1. The van der Waals surface area contributed by atoms with Gasteiger partial charge in [0.25, 0.3) is 0 Å². The van der Waals surface area contributed by atoms with Crippen molar-refractivity contribution >= 4 is 49.2 Å². The van der Waals surface area contributed by atoms with Gasteiger partial charge in [-0.25, -0.2) is 10.8 Å². The summed E-state index contributed by atoms with van der Waals surface area (Å²) < 4.78 is 1.93. The summed E-state index contributed by atoms with van der Waals surface area (Å²) in [6, 6.07) is 5.81. The van der Waals surface area contributed by atoms with Crippen molar-refractivity contribution in [3.05, 3.63) is 39.5 Å². The number of nitrogen functional groups attached to an aromatic ring is 1. The molecule has 0 saturated carbocycles. The number of nitrogens with one attached hydrogen (secondary N) is 2. The lowest BCUT2D eigenvalue weighted by atomic mass is 10.3. The zero-order chi connectivity index (χ0) is 12.3. The van der Waals surface area contributed by atoms with Gasteiger partial charge in [-0.1, -0.05) is 15.9 Å². The highest BCUT2D eigenvalue weighted by Gasteiger charge is 2.03. The molecule has 0 unspecified atom stereocenters. The minimum Gasteiger partial charge on any atom is -0.338 e. The second kappa shape index (κ2) is 5.44. The summed E-state index contributed by atoms with van der Waals surface area (Å²) in [6.45, 7) is 0. The number of hydrazine groups is 1. The highest BCUT2D eigenvalue weighted by atomic mass is 79.9. The molecule has 0 amide bonds. The molecule has 2 rings (SSSR count). The first-order valence-corrected chi connectivity index (χ1v) is 6.28. The lowest BCUT2D eigenvalue weighted by Gasteiger charge is -2.08. The summed E-state index contributed by atoms with van der Waals surface area (Å²) in [5.74, 6) is 6.38. The van der Waals surface area contributed by atoms with Crippen LogP contribution in [0, 0.1) is 0 Å². The van der Waals surface area contributed by atoms with Crippen molar-refractivity contribution in [2.45, 2.75) is 0 Å². The number of hydrogen-bond acceptors (Lipinski definition) is 5. The average Bonchev–Trinajstić information content (AvgIpc) is 2.33. The number of aromatic nitrogens is 2. The normalized spacial score (nSPS) is 10.1. The fourth-order valence-electron chi connectivity index (χ4n) is 1.22. The molecule has 1 heterocycles. The Bertz CT molecular complexity index is 532. The standard InChI is InChI=1S/C10H9Br2N5/c11-6-1-2-8(7(12)3-6)15-9-4-14-5-10(16-9)17-13/h1-5H,13H2,(H2,15,16,17). The minimum absolute atomic E-state index is 0.503. The van der Waals surface area contributed by atoms with Gasteiger partial charge in [0.05, 0.1) is 18.1 Å². The number of anilines is 3. The van der Waals surface area contributed by atoms with Gasteiger partial charge < -0.3 is 10.7 Å². The van der Waals surface area contributed by atoms with Crippen LogP contribution in [0.1, 0.15) is 0 Å². The molecule has 88 valence electrons. The highest BCUT2D eigenvalue weighted by Crippen LogP contribution is 2.28. The van der Waals surface area contributed by atoms with Crippen LogP contribution in [0.3, 0.4) is 0 Å². The molecule has 0 aliphatic carbocycles. The molecule has 5 nitrogen and oxygen atoms in total. The van der Waals surface area contributed by atoms with Crippen molar-refractivity contribution in [1.29, 1.82) is 0 Å². The molecular weight excluding hydrogens is 350 g/mol. The molecule has 17 heavy (non-hydrogen) atoms. The summed E-state index contributed by atoms with van der Waals surface area (Å²) in [5, 5.41) is 3.14. The molecule has 0 bridgehead atoms. The second-order valence-electron chi connectivity index (χ2n) is 3.18. The van der Waals surface area contributed by atoms with E-state index in [2.05, 4.69) is 52.6 Å². The Morgan fingerprint density at radius 3 is 2.59 bits per heavy atom. The van der Waals surface area contributed by atoms with Crippen LogP contribution >= 0.6 is 31.9 Å². The Morgan fingerprint density at radius 2 is 1.88 bits per heavy atom. The molecular formula is C10H9Br2N5. The smallest absolute Gasteiger partial charge is 0.160 e. The van der Waals surface area contributed by atoms with Crippen molar-refractivity contribution in [3.63, 3.8) is 0 Å². The van der Waals surface area contributed by atoms with Crippen molar-refractivity contribution in [3.8, 4) is 0 Å². The van der Waals surface area contributed by atoms with Gasteiger partial charge in [0.1, 0.15) is 0 Å². The van der Waals surface area contributed by atoms with E-state index >= 15 is 0 Å². The number of halogens is 2. The quantitative estimate of drug-likeness (QED) is 0.580. The van der Waals surface area contributed by atoms with Crippen molar-refractivity contribution < 1.29 is 0 Å². The average molecular weight is 359 g/mol. The first-order valence-electron chi connectivity index (χ1n) is 4.70. The molecule has 0 saturated heterocycles. The van der Waals surface area contributed by atoms with E-state index in [1.807, 2.05) is 18.2 Å². The third-order valence-corrected chi connectivity index (χ3v) is 3.13. The van der Waals surface area contributed by atoms with E-state index in [1.54, 1.807) is 12.4 Å². The van der Waals surface area contributed by atoms with Gasteiger partial charge in [0.15, 0.2) is 11.6 Å². The number of nitrogens with two attached hydrogens (primary N) is 1. The van der Waals surface area contributed by atoms with Crippen LogP contribution in [0.25, 0.3) is 0 Å². The molecule has 0 aliphatic heterocycles. The lowest BCUT2D eigenvalue weighted by Crippen LogP contribution is -2.09. The van der Waals surface area contributed by atoms with E-state index in [0.29, 0.717) is 11.6 Å². The number of rotatable bonds is 3. The molecule has 0 spiro atoms. The highest BCUT2D eigenvalue weighted by molar-refractivity contribution is 9.11. The lowest BCUT2D eigenvalue weighted by molar-refractivity contribution is 1.16. The van der Waals surface area contributed by atoms with Gasteiger partial charge in [0, 0.05) is 8.95 Å². The third kappa shape index (κ3) is 3.15. The van der Waals surface area contributed by atoms with Gasteiger partial charge >= 0.3 is 0 Å². The predicted octanol–water partition coefficient (Wildman–Crippen LogP) is 3.03. The topological polar surface area (TPSA) is 75.9 Å².